The van der Waals surface area contributed by atoms with Crippen molar-refractivity contribution in [3.05, 3.63) is 0 Å². The van der Waals surface area contributed by atoms with Crippen LogP contribution in [0.3, 0.4) is 0 Å². The van der Waals surface area contributed by atoms with Crippen LogP contribution in [-0.2, 0) is 0 Å². The van der Waals surface area contributed by atoms with E-state index in [1.54, 1.807) is 0 Å². The normalized spacial score (nSPS) is 30.7. The van der Waals surface area contributed by atoms with Gasteiger partial charge in [-0.1, -0.05) is 51.9 Å². The maximum Gasteiger partial charge on any atom is 0.0239 e. The smallest absolute Gasteiger partial charge is 0.0239 e. The fourth-order valence-corrected chi connectivity index (χ4v) is 4.56. The lowest BCUT2D eigenvalue weighted by molar-refractivity contribution is 0.109. The average Bonchev–Trinajstić information content (AvgIpc) is 2.72. The summed E-state index contributed by atoms with van der Waals surface area (Å²) < 4.78 is 0. The topological polar surface area (TPSA) is 41.3 Å². The number of fused-ring (bicyclic) bond motifs is 2. The van der Waals surface area contributed by atoms with Crippen LogP contribution in [-0.4, -0.2) is 30.1 Å². The number of hydrazine groups is 1. The minimum atomic E-state index is 0.553. The minimum absolute atomic E-state index is 0.553. The standard InChI is InChI=1S/C18H37N3/c1-3-4-5-6-7-8-9-10-18(20-19)15-13-16-11-12-17(14-15)21(16)2/h15-18,20H,3-14,19H2,1-2H3. The molecule has 0 spiro atoms. The van der Waals surface area contributed by atoms with Crippen LogP contribution in [0.4, 0.5) is 0 Å². The summed E-state index contributed by atoms with van der Waals surface area (Å²) in [4.78, 5) is 2.62. The van der Waals surface area contributed by atoms with Gasteiger partial charge in [-0.25, -0.2) is 0 Å². The van der Waals surface area contributed by atoms with E-state index in [0.29, 0.717) is 6.04 Å². The van der Waals surface area contributed by atoms with E-state index in [1.807, 2.05) is 0 Å². The molecule has 3 N–H and O–H groups in total. The Morgan fingerprint density at radius 3 is 2.14 bits per heavy atom. The van der Waals surface area contributed by atoms with Crippen molar-refractivity contribution in [1.29, 1.82) is 0 Å². The van der Waals surface area contributed by atoms with Crippen LogP contribution in [0, 0.1) is 5.92 Å². The predicted octanol–water partition coefficient (Wildman–Crippen LogP) is 3.83. The molecule has 2 saturated heterocycles. The van der Waals surface area contributed by atoms with Gasteiger partial charge in [-0.05, 0) is 45.1 Å². The maximum absolute atomic E-state index is 5.87. The fraction of sp³-hybridized carbons (Fsp3) is 1.00. The van der Waals surface area contributed by atoms with Crippen molar-refractivity contribution < 1.29 is 0 Å². The quantitative estimate of drug-likeness (QED) is 0.365. The second-order valence-electron chi connectivity index (χ2n) is 7.47. The lowest BCUT2D eigenvalue weighted by Crippen LogP contribution is -2.48. The van der Waals surface area contributed by atoms with Crippen LogP contribution in [0.1, 0.15) is 84.0 Å². The molecule has 0 radical (unpaired) electrons. The van der Waals surface area contributed by atoms with Crippen LogP contribution >= 0.6 is 0 Å². The maximum atomic E-state index is 5.87. The number of rotatable bonds is 10. The van der Waals surface area contributed by atoms with Crippen molar-refractivity contribution in [2.75, 3.05) is 7.05 Å². The van der Waals surface area contributed by atoms with Crippen LogP contribution in [0.5, 0.6) is 0 Å². The second-order valence-corrected chi connectivity index (χ2v) is 7.47. The van der Waals surface area contributed by atoms with Gasteiger partial charge in [0.1, 0.15) is 0 Å². The average molecular weight is 296 g/mol. The number of hydrogen-bond donors (Lipinski definition) is 2. The molecule has 0 aromatic heterocycles. The molecule has 2 aliphatic heterocycles. The van der Waals surface area contributed by atoms with Crippen molar-refractivity contribution in [3.63, 3.8) is 0 Å². The van der Waals surface area contributed by atoms with Crippen LogP contribution in [0.25, 0.3) is 0 Å². The van der Waals surface area contributed by atoms with Gasteiger partial charge in [0.05, 0.1) is 0 Å². The van der Waals surface area contributed by atoms with Crippen LogP contribution in [0.2, 0.25) is 0 Å². The summed E-state index contributed by atoms with van der Waals surface area (Å²) in [5.41, 5.74) is 3.15. The molecule has 3 heteroatoms. The van der Waals surface area contributed by atoms with Gasteiger partial charge in [-0.3, -0.25) is 11.3 Å². The lowest BCUT2D eigenvalue weighted by atomic mass is 9.83. The number of piperidine rings is 1. The van der Waals surface area contributed by atoms with E-state index >= 15 is 0 Å². The molecule has 2 rings (SSSR count). The van der Waals surface area contributed by atoms with Gasteiger partial charge in [0.15, 0.2) is 0 Å². The first kappa shape index (κ1) is 17.2. The molecular weight excluding hydrogens is 258 g/mol. The van der Waals surface area contributed by atoms with E-state index in [9.17, 15) is 0 Å². The molecule has 2 fully saturated rings. The first-order valence-corrected chi connectivity index (χ1v) is 9.44. The molecule has 2 bridgehead atoms. The molecule has 2 heterocycles. The molecule has 3 nitrogen and oxygen atoms in total. The summed E-state index contributed by atoms with van der Waals surface area (Å²) in [6.07, 6.45) is 16.6. The fourth-order valence-electron chi connectivity index (χ4n) is 4.56. The summed E-state index contributed by atoms with van der Waals surface area (Å²) in [7, 11) is 2.32. The van der Waals surface area contributed by atoms with Crippen molar-refractivity contribution >= 4 is 0 Å². The molecule has 0 aromatic carbocycles. The zero-order valence-corrected chi connectivity index (χ0v) is 14.3. The van der Waals surface area contributed by atoms with E-state index in [0.717, 1.165) is 18.0 Å². The second kappa shape index (κ2) is 9.12. The zero-order chi connectivity index (χ0) is 15.1. The highest BCUT2D eigenvalue weighted by atomic mass is 15.2. The molecule has 0 amide bonds. The monoisotopic (exact) mass is 295 g/mol. The molecule has 0 aromatic rings. The Labute approximate surface area is 132 Å². The zero-order valence-electron chi connectivity index (χ0n) is 14.3. The van der Waals surface area contributed by atoms with Crippen molar-refractivity contribution in [2.24, 2.45) is 11.8 Å². The molecule has 0 saturated carbocycles. The largest absolute Gasteiger partial charge is 0.300 e. The van der Waals surface area contributed by atoms with Crippen molar-refractivity contribution in [3.8, 4) is 0 Å². The summed E-state index contributed by atoms with van der Waals surface area (Å²) in [5, 5.41) is 0. The Kier molecular flexibility index (Phi) is 7.48. The van der Waals surface area contributed by atoms with E-state index < -0.39 is 0 Å². The van der Waals surface area contributed by atoms with Gasteiger partial charge in [-0.15, -0.1) is 0 Å². The summed E-state index contributed by atoms with van der Waals surface area (Å²) >= 11 is 0. The van der Waals surface area contributed by atoms with E-state index in [2.05, 4.69) is 24.3 Å². The highest BCUT2D eigenvalue weighted by molar-refractivity contribution is 4.96. The number of unbranched alkanes of at least 4 members (excludes halogenated alkanes) is 6. The number of hydrogen-bond acceptors (Lipinski definition) is 3. The van der Waals surface area contributed by atoms with Gasteiger partial charge in [0.25, 0.3) is 0 Å². The summed E-state index contributed by atoms with van der Waals surface area (Å²) in [6.45, 7) is 2.28. The lowest BCUT2D eigenvalue weighted by Gasteiger charge is -2.39. The first-order valence-electron chi connectivity index (χ1n) is 9.44. The highest BCUT2D eigenvalue weighted by Gasteiger charge is 2.40. The van der Waals surface area contributed by atoms with E-state index in [-0.39, 0.29) is 0 Å². The number of nitrogens with two attached hydrogens (primary N) is 1. The third-order valence-electron chi connectivity index (χ3n) is 6.04. The van der Waals surface area contributed by atoms with Crippen LogP contribution < -0.4 is 11.3 Å². The van der Waals surface area contributed by atoms with Gasteiger partial charge < -0.3 is 4.90 Å². The molecule has 3 unspecified atom stereocenters. The predicted molar refractivity (Wildman–Crippen MR) is 91.0 cm³/mol. The number of nitrogens with one attached hydrogen (secondary N) is 1. The third kappa shape index (κ3) is 4.94. The van der Waals surface area contributed by atoms with Crippen molar-refractivity contribution in [2.45, 2.75) is 102 Å². The Balaban J connectivity index is 1.62. The van der Waals surface area contributed by atoms with Crippen LogP contribution in [0.15, 0.2) is 0 Å². The highest BCUT2D eigenvalue weighted by Crippen LogP contribution is 2.39. The summed E-state index contributed by atoms with van der Waals surface area (Å²) in [5.74, 6) is 6.68. The van der Waals surface area contributed by atoms with Gasteiger partial charge in [-0.2, -0.15) is 0 Å². The van der Waals surface area contributed by atoms with E-state index in [1.165, 1.54) is 77.0 Å². The van der Waals surface area contributed by atoms with Gasteiger partial charge >= 0.3 is 0 Å². The number of nitrogens with zero attached hydrogens (tertiary/aromatic N) is 1. The van der Waals surface area contributed by atoms with E-state index in [4.69, 9.17) is 5.84 Å². The van der Waals surface area contributed by atoms with Gasteiger partial charge in [0, 0.05) is 18.1 Å². The first-order chi connectivity index (χ1) is 10.3. The van der Waals surface area contributed by atoms with Gasteiger partial charge in [0.2, 0.25) is 0 Å². The molecule has 3 atom stereocenters. The molecule has 2 aliphatic rings. The molecule has 21 heavy (non-hydrogen) atoms. The van der Waals surface area contributed by atoms with Crippen molar-refractivity contribution in [1.82, 2.24) is 10.3 Å². The Morgan fingerprint density at radius 1 is 1.00 bits per heavy atom. The molecule has 0 aliphatic carbocycles. The SMILES string of the molecule is CCCCCCCCCC(NN)C1CC2CCC(C1)N2C. The minimum Gasteiger partial charge on any atom is -0.300 e. The Bertz CT molecular complexity index is 268. The third-order valence-corrected chi connectivity index (χ3v) is 6.04. The summed E-state index contributed by atoms with van der Waals surface area (Å²) in [6, 6.07) is 2.22. The molecular formula is C18H37N3. The Hall–Kier alpha value is -0.120. The molecule has 124 valence electrons. The Morgan fingerprint density at radius 2 is 1.57 bits per heavy atom.